The zero-order chi connectivity index (χ0) is 11.4. The Bertz CT molecular complexity index is 366. The molecule has 4 heteroatoms. The number of aryl methyl sites for hydroxylation is 1. The summed E-state index contributed by atoms with van der Waals surface area (Å²) in [5.74, 6) is -1.49. The van der Waals surface area contributed by atoms with Gasteiger partial charge < -0.3 is 5.11 Å². The number of carbonyl (C=O) groups is 1. The molecule has 1 N–H and O–H groups in total. The van der Waals surface area contributed by atoms with Crippen molar-refractivity contribution in [2.45, 2.75) is 25.9 Å². The Morgan fingerprint density at radius 2 is 2.27 bits per heavy atom. The molecule has 1 atom stereocenters. The summed E-state index contributed by atoms with van der Waals surface area (Å²) >= 11 is 5.90. The summed E-state index contributed by atoms with van der Waals surface area (Å²) in [7, 11) is 0. The van der Waals surface area contributed by atoms with E-state index in [1.54, 1.807) is 6.07 Å². The van der Waals surface area contributed by atoms with E-state index >= 15 is 0 Å². The van der Waals surface area contributed by atoms with Crippen LogP contribution in [-0.2, 0) is 11.2 Å². The standard InChI is InChI=1S/C11H12ClFO2/c1-2-3-7-4-5-8(6-9(7)12)10(13)11(14)15/h4-6,10H,2-3H2,1H3,(H,14,15). The predicted octanol–water partition coefficient (Wildman–Crippen LogP) is 3.39. The Morgan fingerprint density at radius 3 is 2.73 bits per heavy atom. The smallest absolute Gasteiger partial charge is 0.343 e. The van der Waals surface area contributed by atoms with Crippen molar-refractivity contribution in [2.24, 2.45) is 0 Å². The number of carboxylic acid groups (broad SMARTS) is 1. The summed E-state index contributed by atoms with van der Waals surface area (Å²) < 4.78 is 13.1. The fourth-order valence-electron chi connectivity index (χ4n) is 1.34. The highest BCUT2D eigenvalue weighted by molar-refractivity contribution is 6.31. The fraction of sp³-hybridized carbons (Fsp3) is 0.364. The van der Waals surface area contributed by atoms with Crippen molar-refractivity contribution < 1.29 is 14.3 Å². The molecular weight excluding hydrogens is 219 g/mol. The number of halogens is 2. The highest BCUT2D eigenvalue weighted by Gasteiger charge is 2.18. The molecule has 82 valence electrons. The van der Waals surface area contributed by atoms with Crippen molar-refractivity contribution in [1.29, 1.82) is 0 Å². The van der Waals surface area contributed by atoms with Gasteiger partial charge in [0.1, 0.15) is 0 Å². The first-order valence-electron chi connectivity index (χ1n) is 4.71. The molecule has 0 saturated carbocycles. The number of alkyl halides is 1. The van der Waals surface area contributed by atoms with Gasteiger partial charge in [0, 0.05) is 5.02 Å². The Kier molecular flexibility index (Phi) is 4.09. The molecule has 1 aromatic carbocycles. The average molecular weight is 231 g/mol. The summed E-state index contributed by atoms with van der Waals surface area (Å²) in [5, 5.41) is 8.91. The molecule has 0 bridgehead atoms. The van der Waals surface area contributed by atoms with Crippen LogP contribution in [0, 0.1) is 0 Å². The van der Waals surface area contributed by atoms with E-state index < -0.39 is 12.1 Å². The summed E-state index contributed by atoms with van der Waals surface area (Å²) in [6, 6.07) is 4.53. The number of hydrogen-bond donors (Lipinski definition) is 1. The predicted molar refractivity (Wildman–Crippen MR) is 56.9 cm³/mol. The Hall–Kier alpha value is -1.09. The molecule has 0 aliphatic rings. The van der Waals surface area contributed by atoms with Crippen LogP contribution in [0.2, 0.25) is 5.02 Å². The molecule has 0 aromatic heterocycles. The Labute approximate surface area is 92.7 Å². The van der Waals surface area contributed by atoms with Crippen LogP contribution in [0.4, 0.5) is 4.39 Å². The molecule has 1 aromatic rings. The second-order valence-electron chi connectivity index (χ2n) is 3.30. The van der Waals surface area contributed by atoms with E-state index in [0.29, 0.717) is 5.02 Å². The molecular formula is C11H12ClFO2. The van der Waals surface area contributed by atoms with Gasteiger partial charge in [0.05, 0.1) is 0 Å². The normalized spacial score (nSPS) is 12.5. The number of aliphatic carboxylic acids is 1. The van der Waals surface area contributed by atoms with Gasteiger partial charge in [-0.25, -0.2) is 9.18 Å². The number of benzene rings is 1. The molecule has 0 aliphatic carbocycles. The largest absolute Gasteiger partial charge is 0.479 e. The first kappa shape index (κ1) is 12.0. The van der Waals surface area contributed by atoms with Gasteiger partial charge in [-0.05, 0) is 23.6 Å². The highest BCUT2D eigenvalue weighted by atomic mass is 35.5. The minimum atomic E-state index is -2.00. The van der Waals surface area contributed by atoms with Crippen molar-refractivity contribution in [2.75, 3.05) is 0 Å². The maximum atomic E-state index is 13.1. The van der Waals surface area contributed by atoms with E-state index in [4.69, 9.17) is 16.7 Å². The molecule has 2 nitrogen and oxygen atoms in total. The lowest BCUT2D eigenvalue weighted by molar-refractivity contribution is -0.143. The van der Waals surface area contributed by atoms with Gasteiger partial charge in [-0.15, -0.1) is 0 Å². The van der Waals surface area contributed by atoms with Gasteiger partial charge in [-0.2, -0.15) is 0 Å². The zero-order valence-corrected chi connectivity index (χ0v) is 9.09. The second-order valence-corrected chi connectivity index (χ2v) is 3.71. The Morgan fingerprint density at radius 1 is 1.60 bits per heavy atom. The molecule has 0 radical (unpaired) electrons. The molecule has 0 fully saturated rings. The number of hydrogen-bond acceptors (Lipinski definition) is 1. The van der Waals surface area contributed by atoms with Crippen molar-refractivity contribution in [1.82, 2.24) is 0 Å². The van der Waals surface area contributed by atoms with Crippen LogP contribution in [0.5, 0.6) is 0 Å². The van der Waals surface area contributed by atoms with Crippen molar-refractivity contribution in [3.8, 4) is 0 Å². The van der Waals surface area contributed by atoms with Crippen LogP contribution in [0.15, 0.2) is 18.2 Å². The van der Waals surface area contributed by atoms with Crippen LogP contribution in [0.25, 0.3) is 0 Å². The minimum absolute atomic E-state index is 0.0901. The van der Waals surface area contributed by atoms with Gasteiger partial charge in [0.25, 0.3) is 0 Å². The van der Waals surface area contributed by atoms with E-state index in [1.165, 1.54) is 12.1 Å². The molecule has 1 rings (SSSR count). The van der Waals surface area contributed by atoms with Crippen molar-refractivity contribution >= 4 is 17.6 Å². The van der Waals surface area contributed by atoms with Crippen LogP contribution in [0.1, 0.15) is 30.6 Å². The molecule has 0 heterocycles. The molecule has 15 heavy (non-hydrogen) atoms. The lowest BCUT2D eigenvalue weighted by Gasteiger charge is -2.07. The maximum Gasteiger partial charge on any atom is 0.343 e. The first-order chi connectivity index (χ1) is 7.06. The second kappa shape index (κ2) is 5.12. The summed E-state index contributed by atoms with van der Waals surface area (Å²) in [6.45, 7) is 2.01. The lowest BCUT2D eigenvalue weighted by Crippen LogP contribution is -2.06. The Balaban J connectivity index is 2.95. The SMILES string of the molecule is CCCc1ccc(C(F)C(=O)O)cc1Cl. The maximum absolute atomic E-state index is 13.1. The van der Waals surface area contributed by atoms with Gasteiger partial charge >= 0.3 is 5.97 Å². The third-order valence-corrected chi connectivity index (χ3v) is 2.46. The molecule has 0 saturated heterocycles. The minimum Gasteiger partial charge on any atom is -0.479 e. The van der Waals surface area contributed by atoms with E-state index in [9.17, 15) is 9.18 Å². The van der Waals surface area contributed by atoms with Crippen LogP contribution in [-0.4, -0.2) is 11.1 Å². The first-order valence-corrected chi connectivity index (χ1v) is 5.09. The lowest BCUT2D eigenvalue weighted by atomic mass is 10.1. The topological polar surface area (TPSA) is 37.3 Å². The summed E-state index contributed by atoms with van der Waals surface area (Å²) in [6.07, 6.45) is -0.252. The summed E-state index contributed by atoms with van der Waals surface area (Å²) in [5.41, 5.74) is 1.01. The monoisotopic (exact) mass is 230 g/mol. The van der Waals surface area contributed by atoms with Crippen LogP contribution in [0.3, 0.4) is 0 Å². The highest BCUT2D eigenvalue weighted by Crippen LogP contribution is 2.25. The molecule has 0 amide bonds. The summed E-state index contributed by atoms with van der Waals surface area (Å²) in [4.78, 5) is 10.4. The van der Waals surface area contributed by atoms with Crippen molar-refractivity contribution in [3.05, 3.63) is 34.3 Å². The fourth-order valence-corrected chi connectivity index (χ4v) is 1.62. The molecule has 1 unspecified atom stereocenters. The van der Waals surface area contributed by atoms with Crippen molar-refractivity contribution in [3.63, 3.8) is 0 Å². The molecule has 0 spiro atoms. The van der Waals surface area contributed by atoms with E-state index in [-0.39, 0.29) is 5.56 Å². The third kappa shape index (κ3) is 2.93. The average Bonchev–Trinajstić information content (AvgIpc) is 2.20. The zero-order valence-electron chi connectivity index (χ0n) is 8.34. The van der Waals surface area contributed by atoms with E-state index in [1.807, 2.05) is 6.92 Å². The third-order valence-electron chi connectivity index (χ3n) is 2.11. The molecule has 0 aliphatic heterocycles. The van der Waals surface area contributed by atoms with Crippen LogP contribution < -0.4 is 0 Å². The quantitative estimate of drug-likeness (QED) is 0.861. The number of carboxylic acids is 1. The van der Waals surface area contributed by atoms with E-state index in [0.717, 1.165) is 18.4 Å². The van der Waals surface area contributed by atoms with Gasteiger partial charge in [-0.3, -0.25) is 0 Å². The van der Waals surface area contributed by atoms with Gasteiger partial charge in [0.2, 0.25) is 6.17 Å². The van der Waals surface area contributed by atoms with Gasteiger partial charge in [-0.1, -0.05) is 37.1 Å². The van der Waals surface area contributed by atoms with Crippen LogP contribution >= 0.6 is 11.6 Å². The van der Waals surface area contributed by atoms with Gasteiger partial charge in [0.15, 0.2) is 0 Å². The number of rotatable bonds is 4. The van der Waals surface area contributed by atoms with E-state index in [2.05, 4.69) is 0 Å².